The first kappa shape index (κ1) is 17.6. The molecule has 0 saturated carbocycles. The zero-order valence-electron chi connectivity index (χ0n) is 13.2. The summed E-state index contributed by atoms with van der Waals surface area (Å²) in [6, 6.07) is 0.237. The standard InChI is InChI=1S/C13H17F2N5O4/c1-12(2,3)19(11(23)24)6-13(8(21)17-10(22)18-13)7-4-5-16-20(7)9(14)15/h4-5,9H,6H2,1-3H3,(H,23,24)(H2,17,18,21,22). The Hall–Kier alpha value is -2.72. The minimum atomic E-state index is -3.06. The Bertz CT molecular complexity index is 684. The van der Waals surface area contributed by atoms with Gasteiger partial charge in [-0.25, -0.2) is 14.3 Å². The van der Waals surface area contributed by atoms with E-state index in [1.165, 1.54) is 0 Å². The third-order valence-electron chi connectivity index (χ3n) is 3.67. The number of amides is 4. The molecule has 0 spiro atoms. The van der Waals surface area contributed by atoms with Crippen LogP contribution < -0.4 is 10.6 Å². The Morgan fingerprint density at radius 1 is 1.46 bits per heavy atom. The maximum Gasteiger partial charge on any atom is 0.407 e. The molecule has 0 radical (unpaired) electrons. The predicted molar refractivity (Wildman–Crippen MR) is 76.3 cm³/mol. The van der Waals surface area contributed by atoms with E-state index in [1.54, 1.807) is 20.8 Å². The van der Waals surface area contributed by atoms with Crippen molar-refractivity contribution in [2.75, 3.05) is 6.54 Å². The number of nitrogens with zero attached hydrogens (tertiary/aromatic N) is 3. The van der Waals surface area contributed by atoms with Gasteiger partial charge in [0.25, 0.3) is 5.91 Å². The second-order valence-corrected chi connectivity index (χ2v) is 6.29. The van der Waals surface area contributed by atoms with Gasteiger partial charge in [-0.3, -0.25) is 10.1 Å². The summed E-state index contributed by atoms with van der Waals surface area (Å²) in [5.74, 6) is -0.926. The van der Waals surface area contributed by atoms with E-state index in [-0.39, 0.29) is 10.4 Å². The zero-order valence-corrected chi connectivity index (χ0v) is 13.2. The molecular formula is C13H17F2N5O4. The monoisotopic (exact) mass is 345 g/mol. The van der Waals surface area contributed by atoms with Gasteiger partial charge in [0.15, 0.2) is 5.54 Å². The minimum Gasteiger partial charge on any atom is -0.465 e. The number of alkyl halides is 2. The first-order chi connectivity index (χ1) is 11.0. The molecule has 0 aliphatic carbocycles. The van der Waals surface area contributed by atoms with Gasteiger partial charge in [-0.1, -0.05) is 0 Å². The molecule has 1 aromatic rings. The first-order valence-corrected chi connectivity index (χ1v) is 6.95. The fraction of sp³-hybridized carbons (Fsp3) is 0.538. The van der Waals surface area contributed by atoms with Gasteiger partial charge in [0.05, 0.1) is 12.2 Å². The van der Waals surface area contributed by atoms with Crippen LogP contribution in [-0.2, 0) is 10.3 Å². The molecule has 132 valence electrons. The van der Waals surface area contributed by atoms with Crippen molar-refractivity contribution in [3.63, 3.8) is 0 Å². The second kappa shape index (κ2) is 5.73. The van der Waals surface area contributed by atoms with E-state index in [0.717, 1.165) is 17.2 Å². The highest BCUT2D eigenvalue weighted by Crippen LogP contribution is 2.31. The summed E-state index contributed by atoms with van der Waals surface area (Å²) in [6.07, 6.45) is -0.317. The molecule has 1 unspecified atom stereocenters. The molecular weight excluding hydrogens is 328 g/mol. The van der Waals surface area contributed by atoms with Gasteiger partial charge < -0.3 is 15.3 Å². The highest BCUT2D eigenvalue weighted by molar-refractivity contribution is 6.07. The van der Waals surface area contributed by atoms with Gasteiger partial charge in [-0.2, -0.15) is 13.9 Å². The molecule has 11 heteroatoms. The lowest BCUT2D eigenvalue weighted by atomic mass is 9.92. The minimum absolute atomic E-state index is 0.272. The van der Waals surface area contributed by atoms with Crippen LogP contribution >= 0.6 is 0 Å². The van der Waals surface area contributed by atoms with Gasteiger partial charge in [-0.05, 0) is 26.8 Å². The van der Waals surface area contributed by atoms with Crippen molar-refractivity contribution in [2.45, 2.75) is 38.4 Å². The van der Waals surface area contributed by atoms with Crippen LogP contribution in [0.15, 0.2) is 12.3 Å². The van der Waals surface area contributed by atoms with Gasteiger partial charge in [-0.15, -0.1) is 0 Å². The van der Waals surface area contributed by atoms with Crippen LogP contribution in [-0.4, -0.2) is 49.9 Å². The number of carbonyl (C=O) groups excluding carboxylic acids is 2. The Morgan fingerprint density at radius 2 is 2.08 bits per heavy atom. The number of rotatable bonds is 4. The Kier molecular flexibility index (Phi) is 4.21. The predicted octanol–water partition coefficient (Wildman–Crippen LogP) is 1.09. The number of halogens is 2. The smallest absolute Gasteiger partial charge is 0.407 e. The highest BCUT2D eigenvalue weighted by Gasteiger charge is 2.53. The number of aromatic nitrogens is 2. The van der Waals surface area contributed by atoms with E-state index in [9.17, 15) is 28.3 Å². The van der Waals surface area contributed by atoms with E-state index in [4.69, 9.17) is 0 Å². The van der Waals surface area contributed by atoms with Crippen molar-refractivity contribution >= 4 is 18.0 Å². The zero-order chi connectivity index (χ0) is 18.3. The summed E-state index contributed by atoms with van der Waals surface area (Å²) in [7, 11) is 0. The fourth-order valence-electron chi connectivity index (χ4n) is 2.50. The Labute approximate surface area is 135 Å². The summed E-state index contributed by atoms with van der Waals surface area (Å²) < 4.78 is 26.6. The molecule has 1 aliphatic heterocycles. The van der Waals surface area contributed by atoms with Crippen LogP contribution in [0, 0.1) is 0 Å². The summed E-state index contributed by atoms with van der Waals surface area (Å²) >= 11 is 0. The van der Waals surface area contributed by atoms with E-state index in [0.29, 0.717) is 0 Å². The topological polar surface area (TPSA) is 117 Å². The van der Waals surface area contributed by atoms with Crippen LogP contribution in [0.25, 0.3) is 0 Å². The lowest BCUT2D eigenvalue weighted by Crippen LogP contribution is -2.58. The van der Waals surface area contributed by atoms with Crippen molar-refractivity contribution in [3.05, 3.63) is 18.0 Å². The lowest BCUT2D eigenvalue weighted by molar-refractivity contribution is -0.125. The molecule has 2 heterocycles. The molecule has 9 nitrogen and oxygen atoms in total. The molecule has 3 N–H and O–H groups in total. The Balaban J connectivity index is 2.58. The third kappa shape index (κ3) is 2.88. The Morgan fingerprint density at radius 3 is 2.50 bits per heavy atom. The normalized spacial score (nSPS) is 20.9. The van der Waals surface area contributed by atoms with E-state index < -0.39 is 42.2 Å². The average Bonchev–Trinajstić information content (AvgIpc) is 3.00. The third-order valence-corrected chi connectivity index (χ3v) is 3.67. The molecule has 24 heavy (non-hydrogen) atoms. The van der Waals surface area contributed by atoms with Gasteiger partial charge in [0.2, 0.25) is 0 Å². The van der Waals surface area contributed by atoms with E-state index in [2.05, 4.69) is 10.4 Å². The summed E-state index contributed by atoms with van der Waals surface area (Å²) in [5.41, 5.74) is -3.26. The maximum absolute atomic E-state index is 13.2. The molecule has 1 atom stereocenters. The summed E-state index contributed by atoms with van der Waals surface area (Å²) in [4.78, 5) is 36.4. The van der Waals surface area contributed by atoms with E-state index in [1.807, 2.05) is 5.32 Å². The van der Waals surface area contributed by atoms with Gasteiger partial charge >= 0.3 is 18.7 Å². The van der Waals surface area contributed by atoms with Crippen molar-refractivity contribution in [1.82, 2.24) is 25.3 Å². The van der Waals surface area contributed by atoms with Crippen LogP contribution in [0.1, 0.15) is 33.0 Å². The first-order valence-electron chi connectivity index (χ1n) is 6.95. The quantitative estimate of drug-likeness (QED) is 0.706. The SMILES string of the molecule is CC(C)(C)N(CC1(c2ccnn2C(F)F)NC(=O)NC1=O)C(=O)O. The number of carbonyl (C=O) groups is 3. The van der Waals surface area contributed by atoms with Crippen molar-refractivity contribution < 1.29 is 28.3 Å². The van der Waals surface area contributed by atoms with Crippen LogP contribution in [0.2, 0.25) is 0 Å². The van der Waals surface area contributed by atoms with Crippen LogP contribution in [0.4, 0.5) is 18.4 Å². The number of urea groups is 1. The van der Waals surface area contributed by atoms with Crippen LogP contribution in [0.3, 0.4) is 0 Å². The number of carboxylic acid groups (broad SMARTS) is 1. The van der Waals surface area contributed by atoms with Crippen molar-refractivity contribution in [3.8, 4) is 0 Å². The summed E-state index contributed by atoms with van der Waals surface area (Å²) in [6.45, 7) is 1.11. The number of hydrogen-bond acceptors (Lipinski definition) is 4. The molecule has 1 aliphatic rings. The number of nitrogens with one attached hydrogen (secondary N) is 2. The molecule has 1 fully saturated rings. The summed E-state index contributed by atoms with van der Waals surface area (Å²) in [5, 5.41) is 17.1. The second-order valence-electron chi connectivity index (χ2n) is 6.29. The molecule has 1 saturated heterocycles. The van der Waals surface area contributed by atoms with Crippen LogP contribution in [0.5, 0.6) is 0 Å². The maximum atomic E-state index is 13.2. The molecule has 1 aromatic heterocycles. The lowest BCUT2D eigenvalue weighted by Gasteiger charge is -2.39. The highest BCUT2D eigenvalue weighted by atomic mass is 19.3. The molecule has 0 aromatic carbocycles. The number of hydrogen-bond donors (Lipinski definition) is 3. The largest absolute Gasteiger partial charge is 0.465 e. The number of imide groups is 1. The fourth-order valence-corrected chi connectivity index (χ4v) is 2.50. The van der Waals surface area contributed by atoms with Crippen molar-refractivity contribution in [2.24, 2.45) is 0 Å². The molecule has 2 rings (SSSR count). The van der Waals surface area contributed by atoms with E-state index >= 15 is 0 Å². The van der Waals surface area contributed by atoms with Gasteiger partial charge in [0, 0.05) is 11.7 Å². The average molecular weight is 345 g/mol. The van der Waals surface area contributed by atoms with Gasteiger partial charge in [0.1, 0.15) is 0 Å². The molecule has 4 amide bonds. The molecule has 0 bridgehead atoms. The van der Waals surface area contributed by atoms with Crippen molar-refractivity contribution in [1.29, 1.82) is 0 Å².